The fourth-order valence-corrected chi connectivity index (χ4v) is 3.47. The van der Waals surface area contributed by atoms with Gasteiger partial charge in [-0.1, -0.05) is 12.1 Å². The third-order valence-electron chi connectivity index (χ3n) is 5.07. The van der Waals surface area contributed by atoms with Gasteiger partial charge in [0.1, 0.15) is 17.4 Å². The molecule has 1 saturated heterocycles. The first-order valence-corrected chi connectivity index (χ1v) is 9.17. The van der Waals surface area contributed by atoms with E-state index in [0.29, 0.717) is 43.6 Å². The van der Waals surface area contributed by atoms with Crippen LogP contribution in [-0.4, -0.2) is 23.4 Å². The highest BCUT2D eigenvalue weighted by Gasteiger charge is 2.41. The zero-order valence-electron chi connectivity index (χ0n) is 15.4. The first-order valence-electron chi connectivity index (χ1n) is 9.17. The minimum Gasteiger partial charge on any atom is -0.481 e. The molecule has 5 nitrogen and oxygen atoms in total. The van der Waals surface area contributed by atoms with E-state index in [9.17, 15) is 8.78 Å². The molecule has 3 aromatic rings. The van der Waals surface area contributed by atoms with Crippen LogP contribution in [0.25, 0.3) is 0 Å². The number of ether oxygens (including phenoxy) is 2. The van der Waals surface area contributed by atoms with Crippen molar-refractivity contribution in [1.29, 1.82) is 0 Å². The van der Waals surface area contributed by atoms with Crippen molar-refractivity contribution < 1.29 is 22.7 Å². The Morgan fingerprint density at radius 2 is 1.54 bits per heavy atom. The van der Waals surface area contributed by atoms with Gasteiger partial charge in [0.05, 0.1) is 5.41 Å². The third-order valence-corrected chi connectivity index (χ3v) is 5.07. The maximum absolute atomic E-state index is 13.4. The Bertz CT molecular complexity index is 920. The van der Waals surface area contributed by atoms with Crippen LogP contribution in [0.2, 0.25) is 0 Å². The first kappa shape index (κ1) is 18.6. The van der Waals surface area contributed by atoms with Gasteiger partial charge in [-0.15, -0.1) is 10.2 Å². The van der Waals surface area contributed by atoms with E-state index in [1.807, 2.05) is 0 Å². The zero-order chi connectivity index (χ0) is 19.6. The minimum absolute atomic E-state index is 0.293. The summed E-state index contributed by atoms with van der Waals surface area (Å²) in [5, 5.41) is 8.44. The maximum Gasteiger partial charge on any atom is 0.256 e. The van der Waals surface area contributed by atoms with Gasteiger partial charge in [-0.05, 0) is 61.7 Å². The van der Waals surface area contributed by atoms with Gasteiger partial charge in [0.25, 0.3) is 5.89 Å². The average Bonchev–Trinajstić information content (AvgIpc) is 3.22. The standard InChI is InChI=1S/C21H20F2N2O3/c1-14(27-18-8-6-17(23)7-9-18)19-24-25-20(28-19)21(10-12-26-13-11-21)15-2-4-16(22)5-3-15/h2-9,14H,10-13H2,1H3/t14-/m0/s1. The third kappa shape index (κ3) is 3.62. The van der Waals surface area contributed by atoms with E-state index in [0.717, 1.165) is 5.56 Å². The number of benzene rings is 2. The van der Waals surface area contributed by atoms with Gasteiger partial charge < -0.3 is 13.9 Å². The van der Waals surface area contributed by atoms with Crippen LogP contribution in [-0.2, 0) is 10.2 Å². The highest BCUT2D eigenvalue weighted by atomic mass is 19.1. The van der Waals surface area contributed by atoms with Crippen molar-refractivity contribution in [2.75, 3.05) is 13.2 Å². The maximum atomic E-state index is 13.4. The van der Waals surface area contributed by atoms with Crippen LogP contribution >= 0.6 is 0 Å². The molecule has 0 spiro atoms. The Morgan fingerprint density at radius 3 is 2.18 bits per heavy atom. The summed E-state index contributed by atoms with van der Waals surface area (Å²) in [4.78, 5) is 0. The summed E-state index contributed by atoms with van der Waals surface area (Å²) in [6, 6.07) is 12.1. The van der Waals surface area contributed by atoms with Crippen molar-refractivity contribution in [3.63, 3.8) is 0 Å². The lowest BCUT2D eigenvalue weighted by Crippen LogP contribution is -2.35. The molecule has 1 fully saturated rings. The molecule has 0 aliphatic carbocycles. The van der Waals surface area contributed by atoms with E-state index in [1.54, 1.807) is 31.2 Å². The first-order chi connectivity index (χ1) is 13.6. The quantitative estimate of drug-likeness (QED) is 0.642. The summed E-state index contributed by atoms with van der Waals surface area (Å²) in [7, 11) is 0. The highest BCUT2D eigenvalue weighted by Crippen LogP contribution is 2.41. The molecule has 0 amide bonds. The second-order valence-electron chi connectivity index (χ2n) is 6.86. The van der Waals surface area contributed by atoms with Gasteiger partial charge in [0.15, 0.2) is 6.10 Å². The van der Waals surface area contributed by atoms with E-state index in [2.05, 4.69) is 10.2 Å². The molecule has 2 heterocycles. The van der Waals surface area contributed by atoms with E-state index < -0.39 is 11.5 Å². The van der Waals surface area contributed by atoms with Crippen molar-refractivity contribution in [3.05, 3.63) is 77.5 Å². The smallest absolute Gasteiger partial charge is 0.256 e. The van der Waals surface area contributed by atoms with E-state index in [-0.39, 0.29) is 11.6 Å². The van der Waals surface area contributed by atoms with Crippen molar-refractivity contribution in [2.45, 2.75) is 31.3 Å². The van der Waals surface area contributed by atoms with Crippen molar-refractivity contribution in [1.82, 2.24) is 10.2 Å². The van der Waals surface area contributed by atoms with Crippen LogP contribution in [0.3, 0.4) is 0 Å². The normalized spacial score (nSPS) is 17.2. The molecular formula is C21H20F2N2O3. The largest absolute Gasteiger partial charge is 0.481 e. The Kier molecular flexibility index (Phi) is 5.09. The number of hydrogen-bond donors (Lipinski definition) is 0. The molecule has 2 aromatic carbocycles. The lowest BCUT2D eigenvalue weighted by atomic mass is 9.74. The predicted molar refractivity (Wildman–Crippen MR) is 97.0 cm³/mol. The second-order valence-corrected chi connectivity index (χ2v) is 6.86. The molecule has 146 valence electrons. The molecular weight excluding hydrogens is 366 g/mol. The Hall–Kier alpha value is -2.80. The van der Waals surface area contributed by atoms with Crippen molar-refractivity contribution in [3.8, 4) is 5.75 Å². The van der Waals surface area contributed by atoms with Gasteiger partial charge in [-0.2, -0.15) is 0 Å². The summed E-state index contributed by atoms with van der Waals surface area (Å²) in [5.41, 5.74) is 0.395. The van der Waals surface area contributed by atoms with Crippen LogP contribution in [0.15, 0.2) is 52.9 Å². The SMILES string of the molecule is C[C@H](Oc1ccc(F)cc1)c1nnc(C2(c3ccc(F)cc3)CCOCC2)o1. The Morgan fingerprint density at radius 1 is 0.929 bits per heavy atom. The molecule has 1 atom stereocenters. The molecule has 0 radical (unpaired) electrons. The summed E-state index contributed by atoms with van der Waals surface area (Å²) < 4.78 is 43.7. The zero-order valence-corrected chi connectivity index (χ0v) is 15.4. The van der Waals surface area contributed by atoms with Gasteiger partial charge in [-0.3, -0.25) is 0 Å². The number of hydrogen-bond acceptors (Lipinski definition) is 5. The van der Waals surface area contributed by atoms with E-state index >= 15 is 0 Å². The Balaban J connectivity index is 1.61. The molecule has 28 heavy (non-hydrogen) atoms. The summed E-state index contributed by atoms with van der Waals surface area (Å²) in [6.45, 7) is 2.89. The van der Waals surface area contributed by atoms with E-state index in [1.165, 1.54) is 24.3 Å². The number of aromatic nitrogens is 2. The van der Waals surface area contributed by atoms with Crippen LogP contribution in [0.5, 0.6) is 5.75 Å². The molecule has 0 N–H and O–H groups in total. The van der Waals surface area contributed by atoms with Crippen LogP contribution in [0.1, 0.15) is 43.2 Å². The topological polar surface area (TPSA) is 57.4 Å². The van der Waals surface area contributed by atoms with Crippen molar-refractivity contribution >= 4 is 0 Å². The molecule has 1 aliphatic rings. The van der Waals surface area contributed by atoms with Gasteiger partial charge in [0.2, 0.25) is 5.89 Å². The summed E-state index contributed by atoms with van der Waals surface area (Å²) in [5.74, 6) is 0.673. The lowest BCUT2D eigenvalue weighted by Gasteiger charge is -2.34. The summed E-state index contributed by atoms with van der Waals surface area (Å²) in [6.07, 6.45) is 0.817. The number of halogens is 2. The molecule has 1 aliphatic heterocycles. The molecule has 7 heteroatoms. The molecule has 0 saturated carbocycles. The summed E-state index contributed by atoms with van der Waals surface area (Å²) >= 11 is 0. The lowest BCUT2D eigenvalue weighted by molar-refractivity contribution is 0.0530. The van der Waals surface area contributed by atoms with Crippen LogP contribution < -0.4 is 4.74 Å². The van der Waals surface area contributed by atoms with Crippen LogP contribution in [0.4, 0.5) is 8.78 Å². The van der Waals surface area contributed by atoms with E-state index in [4.69, 9.17) is 13.9 Å². The molecule has 0 bridgehead atoms. The molecule has 0 unspecified atom stereocenters. The fraction of sp³-hybridized carbons (Fsp3) is 0.333. The minimum atomic E-state index is -0.521. The fourth-order valence-electron chi connectivity index (χ4n) is 3.47. The molecule has 1 aromatic heterocycles. The van der Waals surface area contributed by atoms with Crippen LogP contribution in [0, 0.1) is 11.6 Å². The van der Waals surface area contributed by atoms with Crippen molar-refractivity contribution in [2.24, 2.45) is 0 Å². The highest BCUT2D eigenvalue weighted by molar-refractivity contribution is 5.33. The average molecular weight is 386 g/mol. The van der Waals surface area contributed by atoms with Gasteiger partial charge in [-0.25, -0.2) is 8.78 Å². The predicted octanol–water partition coefficient (Wildman–Crippen LogP) is 4.58. The Labute approximate surface area is 161 Å². The molecule has 4 rings (SSSR count). The second kappa shape index (κ2) is 7.67. The number of nitrogens with zero attached hydrogens (tertiary/aromatic N) is 2. The monoisotopic (exact) mass is 386 g/mol. The van der Waals surface area contributed by atoms with Gasteiger partial charge in [0, 0.05) is 13.2 Å². The van der Waals surface area contributed by atoms with Gasteiger partial charge >= 0.3 is 0 Å². The number of rotatable bonds is 5.